The predicted octanol–water partition coefficient (Wildman–Crippen LogP) is 2.89. The zero-order chi connectivity index (χ0) is 19.7. The van der Waals surface area contributed by atoms with Crippen LogP contribution in [0.2, 0.25) is 5.02 Å². The molecule has 3 atom stereocenters. The van der Waals surface area contributed by atoms with Gasteiger partial charge in [-0.05, 0) is 42.3 Å². The number of hydrogen-bond acceptors (Lipinski definition) is 3. The molecule has 1 unspecified atom stereocenters. The second kappa shape index (κ2) is 7.94. The van der Waals surface area contributed by atoms with Crippen molar-refractivity contribution < 1.29 is 9.59 Å². The summed E-state index contributed by atoms with van der Waals surface area (Å²) >= 11 is 5.94. The van der Waals surface area contributed by atoms with E-state index in [9.17, 15) is 9.59 Å². The normalized spacial score (nSPS) is 24.8. The van der Waals surface area contributed by atoms with E-state index in [2.05, 4.69) is 12.1 Å². The summed E-state index contributed by atoms with van der Waals surface area (Å²) in [6.07, 6.45) is 0.251. The maximum atomic E-state index is 13.1. The smallest absolute Gasteiger partial charge is 0.228 e. The van der Waals surface area contributed by atoms with E-state index < -0.39 is 0 Å². The predicted molar refractivity (Wildman–Crippen MR) is 110 cm³/mol. The maximum absolute atomic E-state index is 13.1. The van der Waals surface area contributed by atoms with Gasteiger partial charge < -0.3 is 15.5 Å². The van der Waals surface area contributed by atoms with Crippen LogP contribution in [-0.2, 0) is 9.59 Å². The van der Waals surface area contributed by atoms with Crippen LogP contribution < -0.4 is 10.6 Å². The van der Waals surface area contributed by atoms with E-state index in [4.69, 9.17) is 17.3 Å². The molecule has 2 aromatic carbocycles. The first-order valence-electron chi connectivity index (χ1n) is 9.66. The van der Waals surface area contributed by atoms with Crippen LogP contribution in [0.3, 0.4) is 0 Å². The van der Waals surface area contributed by atoms with E-state index >= 15 is 0 Å². The summed E-state index contributed by atoms with van der Waals surface area (Å²) in [6.45, 7) is 2.28. The van der Waals surface area contributed by atoms with Gasteiger partial charge in [0.15, 0.2) is 0 Å². The second-order valence-electron chi connectivity index (χ2n) is 7.64. The zero-order valence-electron chi connectivity index (χ0n) is 15.6. The molecule has 0 bridgehead atoms. The Labute approximate surface area is 170 Å². The van der Waals surface area contributed by atoms with Crippen LogP contribution >= 0.6 is 11.6 Å². The van der Waals surface area contributed by atoms with Crippen molar-refractivity contribution in [2.75, 3.05) is 31.1 Å². The average molecular weight is 398 g/mol. The highest BCUT2D eigenvalue weighted by Gasteiger charge is 2.41. The van der Waals surface area contributed by atoms with Crippen LogP contribution in [0.15, 0.2) is 54.6 Å². The summed E-state index contributed by atoms with van der Waals surface area (Å²) in [7, 11) is 0. The zero-order valence-corrected chi connectivity index (χ0v) is 16.4. The van der Waals surface area contributed by atoms with Crippen molar-refractivity contribution in [1.29, 1.82) is 0 Å². The van der Waals surface area contributed by atoms with Gasteiger partial charge in [-0.2, -0.15) is 0 Å². The molecule has 0 aromatic heterocycles. The molecule has 6 heteroatoms. The van der Waals surface area contributed by atoms with Crippen LogP contribution in [0.5, 0.6) is 0 Å². The highest BCUT2D eigenvalue weighted by atomic mass is 35.5. The lowest BCUT2D eigenvalue weighted by molar-refractivity contribution is -0.134. The van der Waals surface area contributed by atoms with Crippen molar-refractivity contribution in [2.24, 2.45) is 17.6 Å². The quantitative estimate of drug-likeness (QED) is 0.862. The number of hydrogen-bond donors (Lipinski definition) is 1. The third kappa shape index (κ3) is 3.64. The van der Waals surface area contributed by atoms with Gasteiger partial charge >= 0.3 is 0 Å². The van der Waals surface area contributed by atoms with Gasteiger partial charge in [-0.15, -0.1) is 0 Å². The van der Waals surface area contributed by atoms with Gasteiger partial charge in [0, 0.05) is 42.7 Å². The average Bonchev–Trinajstić information content (AvgIpc) is 3.32. The highest BCUT2D eigenvalue weighted by molar-refractivity contribution is 6.30. The first-order chi connectivity index (χ1) is 13.6. The van der Waals surface area contributed by atoms with Crippen molar-refractivity contribution >= 4 is 29.1 Å². The highest BCUT2D eigenvalue weighted by Crippen LogP contribution is 2.34. The number of rotatable bonds is 4. The van der Waals surface area contributed by atoms with Crippen LogP contribution in [0, 0.1) is 11.8 Å². The molecule has 0 aliphatic carbocycles. The standard InChI is InChI=1S/C22H24ClN3O2/c23-18-6-8-19(9-7-18)26-13-16(10-21(26)27)22(28)25-12-17(11-24)20(14-25)15-4-2-1-3-5-15/h1-9,16-17,20H,10-14,24H2/t16?,17-,20+/m1/s1. The molecule has 28 heavy (non-hydrogen) atoms. The van der Waals surface area contributed by atoms with E-state index in [0.29, 0.717) is 31.2 Å². The Hall–Kier alpha value is -2.37. The van der Waals surface area contributed by atoms with Gasteiger partial charge in [0.2, 0.25) is 11.8 Å². The molecule has 2 fully saturated rings. The van der Waals surface area contributed by atoms with Crippen LogP contribution in [-0.4, -0.2) is 42.9 Å². The SMILES string of the molecule is NC[C@@H]1CN(C(=O)C2CC(=O)N(c3ccc(Cl)cc3)C2)C[C@H]1c1ccccc1. The number of likely N-dealkylation sites (tertiary alicyclic amines) is 1. The van der Waals surface area contributed by atoms with Gasteiger partial charge in [0.1, 0.15) is 0 Å². The Morgan fingerprint density at radius 3 is 2.43 bits per heavy atom. The molecule has 2 heterocycles. The minimum Gasteiger partial charge on any atom is -0.341 e. The van der Waals surface area contributed by atoms with E-state index in [1.165, 1.54) is 5.56 Å². The number of anilines is 1. The van der Waals surface area contributed by atoms with Crippen molar-refractivity contribution in [2.45, 2.75) is 12.3 Å². The first-order valence-corrected chi connectivity index (χ1v) is 10.0. The molecule has 2 N–H and O–H groups in total. The maximum Gasteiger partial charge on any atom is 0.228 e. The third-order valence-electron chi connectivity index (χ3n) is 5.90. The van der Waals surface area contributed by atoms with E-state index in [1.807, 2.05) is 35.2 Å². The lowest BCUT2D eigenvalue weighted by Crippen LogP contribution is -2.36. The van der Waals surface area contributed by atoms with Crippen LogP contribution in [0.25, 0.3) is 0 Å². The minimum absolute atomic E-state index is 0.0187. The molecular formula is C22H24ClN3O2. The molecule has 0 radical (unpaired) electrons. The summed E-state index contributed by atoms with van der Waals surface area (Å²) in [4.78, 5) is 29.2. The Kier molecular flexibility index (Phi) is 5.38. The van der Waals surface area contributed by atoms with Crippen LogP contribution in [0.1, 0.15) is 17.9 Å². The summed E-state index contributed by atoms with van der Waals surface area (Å²) in [5.74, 6) is 0.225. The molecule has 5 nitrogen and oxygen atoms in total. The monoisotopic (exact) mass is 397 g/mol. The number of nitrogens with zero attached hydrogens (tertiary/aromatic N) is 2. The fourth-order valence-electron chi connectivity index (χ4n) is 4.37. The van der Waals surface area contributed by atoms with E-state index in [-0.39, 0.29) is 36.0 Å². The number of benzene rings is 2. The Bertz CT molecular complexity index is 856. The summed E-state index contributed by atoms with van der Waals surface area (Å²) in [6, 6.07) is 17.4. The van der Waals surface area contributed by atoms with Crippen molar-refractivity contribution in [3.05, 3.63) is 65.2 Å². The molecule has 2 amide bonds. The van der Waals surface area contributed by atoms with Gasteiger partial charge in [-0.25, -0.2) is 0 Å². The topological polar surface area (TPSA) is 66.6 Å². The molecule has 2 saturated heterocycles. The second-order valence-corrected chi connectivity index (χ2v) is 8.07. The largest absolute Gasteiger partial charge is 0.341 e. The van der Waals surface area contributed by atoms with Crippen molar-refractivity contribution in [3.63, 3.8) is 0 Å². The molecule has 0 spiro atoms. The molecule has 4 rings (SSSR count). The van der Waals surface area contributed by atoms with Gasteiger partial charge in [-0.3, -0.25) is 9.59 Å². The number of carbonyl (C=O) groups is 2. The molecule has 2 aliphatic heterocycles. The number of amides is 2. The number of nitrogens with two attached hydrogens (primary N) is 1. The third-order valence-corrected chi connectivity index (χ3v) is 6.15. The molecule has 0 saturated carbocycles. The van der Waals surface area contributed by atoms with Crippen LogP contribution in [0.4, 0.5) is 5.69 Å². The molecular weight excluding hydrogens is 374 g/mol. The number of halogens is 1. The lowest BCUT2D eigenvalue weighted by Gasteiger charge is -2.21. The van der Waals surface area contributed by atoms with E-state index in [0.717, 1.165) is 5.69 Å². The fourth-order valence-corrected chi connectivity index (χ4v) is 4.50. The molecule has 2 aromatic rings. The van der Waals surface area contributed by atoms with Crippen molar-refractivity contribution in [1.82, 2.24) is 4.90 Å². The van der Waals surface area contributed by atoms with E-state index in [1.54, 1.807) is 17.0 Å². The van der Waals surface area contributed by atoms with Gasteiger partial charge in [0.05, 0.1) is 5.92 Å². The van der Waals surface area contributed by atoms with Gasteiger partial charge in [-0.1, -0.05) is 41.9 Å². The Balaban J connectivity index is 1.46. The Morgan fingerprint density at radius 2 is 1.75 bits per heavy atom. The van der Waals surface area contributed by atoms with Crippen molar-refractivity contribution in [3.8, 4) is 0 Å². The fraction of sp³-hybridized carbons (Fsp3) is 0.364. The summed E-state index contributed by atoms with van der Waals surface area (Å²) in [5, 5.41) is 0.625. The first kappa shape index (κ1) is 19.0. The minimum atomic E-state index is -0.309. The molecule has 2 aliphatic rings. The lowest BCUT2D eigenvalue weighted by atomic mass is 9.89. The summed E-state index contributed by atoms with van der Waals surface area (Å²) in [5.41, 5.74) is 8.00. The number of carbonyl (C=O) groups excluding carboxylic acids is 2. The Morgan fingerprint density at radius 1 is 1.04 bits per heavy atom. The van der Waals surface area contributed by atoms with Gasteiger partial charge in [0.25, 0.3) is 0 Å². The molecule has 146 valence electrons. The summed E-state index contributed by atoms with van der Waals surface area (Å²) < 4.78 is 0.